The lowest BCUT2D eigenvalue weighted by atomic mass is 10.1. The van der Waals surface area contributed by atoms with Crippen molar-refractivity contribution in [3.63, 3.8) is 0 Å². The van der Waals surface area contributed by atoms with Gasteiger partial charge < -0.3 is 5.11 Å². The number of rotatable bonds is 5. The molecule has 3 nitrogen and oxygen atoms in total. The molecule has 5 heteroatoms. The standard InChI is InChI=1S/C15H18BrClN2O/c1-3-10(2)19-7-6-12(18-19)9-15(20)11-4-5-13(16)14(17)8-11/h4-8,10,15,20H,3,9H2,1-2H3. The monoisotopic (exact) mass is 356 g/mol. The molecule has 0 bridgehead atoms. The van der Waals surface area contributed by atoms with Gasteiger partial charge in [-0.3, -0.25) is 4.68 Å². The molecule has 2 unspecified atom stereocenters. The summed E-state index contributed by atoms with van der Waals surface area (Å²) in [6.07, 6.45) is 2.89. The van der Waals surface area contributed by atoms with Crippen LogP contribution in [0.15, 0.2) is 34.9 Å². The van der Waals surface area contributed by atoms with E-state index in [0.717, 1.165) is 22.2 Å². The topological polar surface area (TPSA) is 38.0 Å². The number of benzene rings is 1. The van der Waals surface area contributed by atoms with Gasteiger partial charge in [-0.25, -0.2) is 0 Å². The smallest absolute Gasteiger partial charge is 0.0846 e. The second-order valence-electron chi connectivity index (χ2n) is 4.94. The first-order valence-corrected chi connectivity index (χ1v) is 7.85. The molecule has 2 aromatic rings. The Kier molecular flexibility index (Phi) is 5.24. The van der Waals surface area contributed by atoms with Crippen molar-refractivity contribution in [1.29, 1.82) is 0 Å². The highest BCUT2D eigenvalue weighted by atomic mass is 79.9. The maximum absolute atomic E-state index is 10.3. The van der Waals surface area contributed by atoms with Gasteiger partial charge in [0, 0.05) is 23.1 Å². The fourth-order valence-corrected chi connectivity index (χ4v) is 2.39. The van der Waals surface area contributed by atoms with Crippen LogP contribution in [0.25, 0.3) is 0 Å². The van der Waals surface area contributed by atoms with E-state index in [4.69, 9.17) is 11.6 Å². The van der Waals surface area contributed by atoms with Crippen molar-refractivity contribution in [3.8, 4) is 0 Å². The van der Waals surface area contributed by atoms with Gasteiger partial charge in [-0.15, -0.1) is 0 Å². The average molecular weight is 358 g/mol. The Labute approximate surface area is 132 Å². The van der Waals surface area contributed by atoms with Crippen LogP contribution in [0.2, 0.25) is 5.02 Å². The Balaban J connectivity index is 2.09. The third-order valence-corrected chi connectivity index (χ3v) is 4.67. The van der Waals surface area contributed by atoms with Crippen molar-refractivity contribution in [2.24, 2.45) is 0 Å². The van der Waals surface area contributed by atoms with Crippen LogP contribution < -0.4 is 0 Å². The summed E-state index contributed by atoms with van der Waals surface area (Å²) in [7, 11) is 0. The molecule has 1 aromatic heterocycles. The van der Waals surface area contributed by atoms with E-state index >= 15 is 0 Å². The second-order valence-corrected chi connectivity index (χ2v) is 6.20. The Morgan fingerprint density at radius 3 is 2.80 bits per heavy atom. The summed E-state index contributed by atoms with van der Waals surface area (Å²) in [6.45, 7) is 4.26. The molecule has 1 N–H and O–H groups in total. The normalized spacial score (nSPS) is 14.2. The van der Waals surface area contributed by atoms with Crippen LogP contribution in [0.5, 0.6) is 0 Å². The van der Waals surface area contributed by atoms with E-state index in [-0.39, 0.29) is 0 Å². The third kappa shape index (κ3) is 3.62. The molecule has 0 aliphatic carbocycles. The highest BCUT2D eigenvalue weighted by molar-refractivity contribution is 9.10. The molecule has 2 atom stereocenters. The Morgan fingerprint density at radius 1 is 1.40 bits per heavy atom. The fourth-order valence-electron chi connectivity index (χ4n) is 1.95. The van der Waals surface area contributed by atoms with Gasteiger partial charge in [-0.1, -0.05) is 24.6 Å². The van der Waals surface area contributed by atoms with Crippen LogP contribution in [0.1, 0.15) is 43.7 Å². The lowest BCUT2D eigenvalue weighted by molar-refractivity contribution is 0.177. The molecule has 0 saturated heterocycles. The first-order valence-electron chi connectivity index (χ1n) is 6.68. The summed E-state index contributed by atoms with van der Waals surface area (Å²) in [4.78, 5) is 0. The maximum atomic E-state index is 10.3. The molecule has 1 aromatic carbocycles. The van der Waals surface area contributed by atoms with Gasteiger partial charge in [-0.05, 0) is 53.0 Å². The van der Waals surface area contributed by atoms with Gasteiger partial charge in [0.2, 0.25) is 0 Å². The summed E-state index contributed by atoms with van der Waals surface area (Å²) in [5, 5.41) is 15.4. The van der Waals surface area contributed by atoms with Crippen LogP contribution in [0, 0.1) is 0 Å². The van der Waals surface area contributed by atoms with Crippen LogP contribution in [-0.2, 0) is 6.42 Å². The van der Waals surface area contributed by atoms with E-state index in [2.05, 4.69) is 34.9 Å². The van der Waals surface area contributed by atoms with Gasteiger partial charge in [0.1, 0.15) is 0 Å². The van der Waals surface area contributed by atoms with Crippen molar-refractivity contribution in [3.05, 3.63) is 51.2 Å². The molecule has 108 valence electrons. The zero-order valence-corrected chi connectivity index (χ0v) is 13.9. The molecule has 0 aliphatic heterocycles. The SMILES string of the molecule is CCC(C)n1ccc(CC(O)c2ccc(Br)c(Cl)c2)n1. The molecule has 1 heterocycles. The molecule has 0 aliphatic rings. The van der Waals surface area contributed by atoms with E-state index in [0.29, 0.717) is 17.5 Å². The molecule has 20 heavy (non-hydrogen) atoms. The number of aromatic nitrogens is 2. The fraction of sp³-hybridized carbons (Fsp3) is 0.400. The molecular formula is C15H18BrClN2O. The van der Waals surface area contributed by atoms with Gasteiger partial charge in [0.15, 0.2) is 0 Å². The van der Waals surface area contributed by atoms with Crippen LogP contribution in [-0.4, -0.2) is 14.9 Å². The van der Waals surface area contributed by atoms with Crippen molar-refractivity contribution in [2.45, 2.75) is 38.8 Å². The Hall–Kier alpha value is -0.840. The minimum Gasteiger partial charge on any atom is -0.388 e. The number of nitrogens with zero attached hydrogens (tertiary/aromatic N) is 2. The van der Waals surface area contributed by atoms with Gasteiger partial charge in [0.05, 0.1) is 16.8 Å². The lowest BCUT2D eigenvalue weighted by Gasteiger charge is -2.11. The van der Waals surface area contributed by atoms with E-state index in [1.165, 1.54) is 0 Å². The summed E-state index contributed by atoms with van der Waals surface area (Å²) in [6, 6.07) is 7.82. The number of aliphatic hydroxyl groups excluding tert-OH is 1. The Morgan fingerprint density at radius 2 is 2.15 bits per heavy atom. The van der Waals surface area contributed by atoms with E-state index < -0.39 is 6.10 Å². The summed E-state index contributed by atoms with van der Waals surface area (Å²) >= 11 is 9.39. The zero-order chi connectivity index (χ0) is 14.7. The highest BCUT2D eigenvalue weighted by Gasteiger charge is 2.13. The van der Waals surface area contributed by atoms with Crippen molar-refractivity contribution in [2.75, 3.05) is 0 Å². The minimum absolute atomic E-state index is 0.378. The van der Waals surface area contributed by atoms with E-state index in [1.807, 2.05) is 29.1 Å². The zero-order valence-electron chi connectivity index (χ0n) is 11.6. The second kappa shape index (κ2) is 6.74. The lowest BCUT2D eigenvalue weighted by Crippen LogP contribution is -2.07. The molecule has 2 rings (SSSR count). The summed E-state index contributed by atoms with van der Waals surface area (Å²) < 4.78 is 2.77. The van der Waals surface area contributed by atoms with Gasteiger partial charge in [0.25, 0.3) is 0 Å². The van der Waals surface area contributed by atoms with E-state index in [9.17, 15) is 5.11 Å². The molecule has 0 saturated carbocycles. The first kappa shape index (κ1) is 15.5. The number of hydrogen-bond donors (Lipinski definition) is 1. The minimum atomic E-state index is -0.596. The highest BCUT2D eigenvalue weighted by Crippen LogP contribution is 2.27. The average Bonchev–Trinajstić information content (AvgIpc) is 2.89. The van der Waals surface area contributed by atoms with Crippen LogP contribution in [0.4, 0.5) is 0 Å². The number of hydrogen-bond acceptors (Lipinski definition) is 2. The Bertz CT molecular complexity index is 585. The maximum Gasteiger partial charge on any atom is 0.0846 e. The summed E-state index contributed by atoms with van der Waals surface area (Å²) in [5.41, 5.74) is 1.69. The van der Waals surface area contributed by atoms with Crippen molar-refractivity contribution < 1.29 is 5.11 Å². The third-order valence-electron chi connectivity index (χ3n) is 3.44. The predicted molar refractivity (Wildman–Crippen MR) is 85.0 cm³/mol. The van der Waals surface area contributed by atoms with E-state index in [1.54, 1.807) is 6.07 Å². The van der Waals surface area contributed by atoms with Crippen molar-refractivity contribution >= 4 is 27.5 Å². The van der Waals surface area contributed by atoms with Crippen LogP contribution in [0.3, 0.4) is 0 Å². The quantitative estimate of drug-likeness (QED) is 0.852. The molecule has 0 amide bonds. The molecule has 0 radical (unpaired) electrons. The largest absolute Gasteiger partial charge is 0.388 e. The van der Waals surface area contributed by atoms with Gasteiger partial charge >= 0.3 is 0 Å². The number of halogens is 2. The van der Waals surface area contributed by atoms with Crippen molar-refractivity contribution in [1.82, 2.24) is 9.78 Å². The molecule has 0 spiro atoms. The predicted octanol–water partition coefficient (Wildman–Crippen LogP) is 4.55. The molecular weight excluding hydrogens is 340 g/mol. The first-order chi connectivity index (χ1) is 9.51. The molecule has 0 fully saturated rings. The summed E-state index contributed by atoms with van der Waals surface area (Å²) in [5.74, 6) is 0. The number of aliphatic hydroxyl groups is 1. The van der Waals surface area contributed by atoms with Gasteiger partial charge in [-0.2, -0.15) is 5.10 Å². The van der Waals surface area contributed by atoms with Crippen LogP contribution >= 0.6 is 27.5 Å².